The Morgan fingerprint density at radius 2 is 1.67 bits per heavy atom. The van der Waals surface area contributed by atoms with Gasteiger partial charge >= 0.3 is 0 Å². The third kappa shape index (κ3) is 5.10. The van der Waals surface area contributed by atoms with E-state index in [0.29, 0.717) is 30.1 Å². The highest BCUT2D eigenvalue weighted by molar-refractivity contribution is 7.91. The molecule has 3 rings (SSSR count). The van der Waals surface area contributed by atoms with Crippen LogP contribution in [-0.4, -0.2) is 31.9 Å². The number of carbonyl (C=O) groups excluding carboxylic acids is 1. The Labute approximate surface area is 160 Å². The number of hydrogen-bond acceptors (Lipinski definition) is 4. The van der Waals surface area contributed by atoms with Crippen LogP contribution in [0.1, 0.15) is 48.5 Å². The van der Waals surface area contributed by atoms with Gasteiger partial charge in [0.2, 0.25) is 0 Å². The lowest BCUT2D eigenvalue weighted by Crippen LogP contribution is -2.40. The molecule has 2 aromatic rings. The fourth-order valence-electron chi connectivity index (χ4n) is 3.15. The molecule has 1 aliphatic heterocycles. The zero-order chi connectivity index (χ0) is 19.4. The minimum atomic E-state index is -2.93. The molecule has 0 bridgehead atoms. The van der Waals surface area contributed by atoms with Crippen LogP contribution in [-0.2, 0) is 9.84 Å². The Morgan fingerprint density at radius 3 is 2.30 bits per heavy atom. The second-order valence-electron chi connectivity index (χ2n) is 7.22. The fraction of sp³-hybridized carbons (Fsp3) is 0.381. The summed E-state index contributed by atoms with van der Waals surface area (Å²) < 4.78 is 28.9. The van der Waals surface area contributed by atoms with Crippen LogP contribution in [0.3, 0.4) is 0 Å². The van der Waals surface area contributed by atoms with Crippen molar-refractivity contribution < 1.29 is 17.9 Å². The summed E-state index contributed by atoms with van der Waals surface area (Å²) in [5.41, 5.74) is 1.67. The van der Waals surface area contributed by atoms with E-state index in [1.165, 1.54) is 0 Å². The van der Waals surface area contributed by atoms with E-state index < -0.39 is 9.84 Å². The van der Waals surface area contributed by atoms with Crippen molar-refractivity contribution in [2.75, 3.05) is 11.5 Å². The third-order valence-corrected chi connectivity index (χ3v) is 6.49. The Balaban J connectivity index is 1.63. The number of hydrogen-bond donors (Lipinski definition) is 1. The zero-order valence-corrected chi connectivity index (χ0v) is 16.5. The number of sulfone groups is 1. The summed E-state index contributed by atoms with van der Waals surface area (Å²) in [4.78, 5) is 12.4. The quantitative estimate of drug-likeness (QED) is 0.844. The SMILES string of the molecule is CC(C)c1ccccc1Oc1ccc(C(=O)NC2CCS(=O)(=O)CC2)cc1. The first kappa shape index (κ1) is 19.4. The number of rotatable bonds is 5. The number of carbonyl (C=O) groups is 1. The molecule has 0 saturated carbocycles. The van der Waals surface area contributed by atoms with Gasteiger partial charge in [-0.1, -0.05) is 32.0 Å². The number of amides is 1. The minimum absolute atomic E-state index is 0.0881. The number of nitrogens with one attached hydrogen (secondary N) is 1. The van der Waals surface area contributed by atoms with Crippen LogP contribution in [0.2, 0.25) is 0 Å². The highest BCUT2D eigenvalue weighted by Crippen LogP contribution is 2.30. The molecule has 0 atom stereocenters. The van der Waals surface area contributed by atoms with Gasteiger partial charge in [-0.05, 0) is 54.7 Å². The highest BCUT2D eigenvalue weighted by Gasteiger charge is 2.24. The molecule has 2 aromatic carbocycles. The van der Waals surface area contributed by atoms with E-state index in [2.05, 4.69) is 19.2 Å². The maximum absolute atomic E-state index is 12.4. The summed E-state index contributed by atoms with van der Waals surface area (Å²) in [6, 6.07) is 14.8. The van der Waals surface area contributed by atoms with Crippen LogP contribution in [0, 0.1) is 0 Å². The number of benzene rings is 2. The Kier molecular flexibility index (Phi) is 5.85. The van der Waals surface area contributed by atoms with Gasteiger partial charge < -0.3 is 10.1 Å². The lowest BCUT2D eigenvalue weighted by atomic mass is 10.0. The molecule has 0 spiro atoms. The number of ether oxygens (including phenoxy) is 1. The van der Waals surface area contributed by atoms with Crippen molar-refractivity contribution in [3.63, 3.8) is 0 Å². The molecule has 1 heterocycles. The van der Waals surface area contributed by atoms with Gasteiger partial charge in [0.15, 0.2) is 0 Å². The molecule has 5 nitrogen and oxygen atoms in total. The molecular formula is C21H25NO4S. The van der Waals surface area contributed by atoms with Crippen LogP contribution in [0.15, 0.2) is 48.5 Å². The van der Waals surface area contributed by atoms with E-state index in [9.17, 15) is 13.2 Å². The van der Waals surface area contributed by atoms with E-state index in [1.807, 2.05) is 24.3 Å². The first-order chi connectivity index (χ1) is 12.8. The smallest absolute Gasteiger partial charge is 0.251 e. The first-order valence-electron chi connectivity index (χ1n) is 9.22. The molecule has 1 saturated heterocycles. The molecule has 1 aliphatic rings. The molecule has 0 aromatic heterocycles. The lowest BCUT2D eigenvalue weighted by Gasteiger charge is -2.23. The van der Waals surface area contributed by atoms with E-state index in [0.717, 1.165) is 11.3 Å². The first-order valence-corrected chi connectivity index (χ1v) is 11.0. The predicted octanol–water partition coefficient (Wildman–Crippen LogP) is 3.91. The summed E-state index contributed by atoms with van der Waals surface area (Å²) in [6.07, 6.45) is 0.947. The molecule has 27 heavy (non-hydrogen) atoms. The van der Waals surface area contributed by atoms with Crippen LogP contribution in [0.4, 0.5) is 0 Å². The molecule has 1 amide bonds. The second-order valence-corrected chi connectivity index (χ2v) is 9.52. The van der Waals surface area contributed by atoms with E-state index in [-0.39, 0.29) is 23.5 Å². The van der Waals surface area contributed by atoms with Crippen molar-refractivity contribution in [2.24, 2.45) is 0 Å². The van der Waals surface area contributed by atoms with Crippen molar-refractivity contribution in [1.82, 2.24) is 5.32 Å². The molecule has 144 valence electrons. The lowest BCUT2D eigenvalue weighted by molar-refractivity contribution is 0.0934. The summed E-state index contributed by atoms with van der Waals surface area (Å²) in [5, 5.41) is 2.92. The third-order valence-electron chi connectivity index (χ3n) is 4.78. The van der Waals surface area contributed by atoms with Crippen LogP contribution in [0.25, 0.3) is 0 Å². The van der Waals surface area contributed by atoms with Gasteiger partial charge in [0.1, 0.15) is 21.3 Å². The topological polar surface area (TPSA) is 72.5 Å². The summed E-state index contributed by atoms with van der Waals surface area (Å²) >= 11 is 0. The molecule has 6 heteroatoms. The maximum Gasteiger partial charge on any atom is 0.251 e. The summed E-state index contributed by atoms with van der Waals surface area (Å²) in [6.45, 7) is 4.23. The van der Waals surface area contributed by atoms with Gasteiger partial charge in [0.05, 0.1) is 11.5 Å². The largest absolute Gasteiger partial charge is 0.457 e. The molecule has 1 N–H and O–H groups in total. The van der Waals surface area contributed by atoms with Gasteiger partial charge in [0, 0.05) is 11.6 Å². The van der Waals surface area contributed by atoms with Crippen molar-refractivity contribution in [3.05, 3.63) is 59.7 Å². The molecular weight excluding hydrogens is 362 g/mol. The molecule has 1 fully saturated rings. The van der Waals surface area contributed by atoms with E-state index >= 15 is 0 Å². The molecule has 0 radical (unpaired) electrons. The second kappa shape index (κ2) is 8.13. The Morgan fingerprint density at radius 1 is 1.04 bits per heavy atom. The average molecular weight is 388 g/mol. The van der Waals surface area contributed by atoms with Crippen LogP contribution >= 0.6 is 0 Å². The van der Waals surface area contributed by atoms with Crippen molar-refractivity contribution in [2.45, 2.75) is 38.6 Å². The van der Waals surface area contributed by atoms with E-state index in [4.69, 9.17) is 4.74 Å². The fourth-order valence-corrected chi connectivity index (χ4v) is 4.65. The van der Waals surface area contributed by atoms with Crippen LogP contribution in [0.5, 0.6) is 11.5 Å². The molecule has 0 unspecified atom stereocenters. The van der Waals surface area contributed by atoms with Crippen molar-refractivity contribution in [3.8, 4) is 11.5 Å². The normalized spacial score (nSPS) is 16.9. The molecule has 0 aliphatic carbocycles. The monoisotopic (exact) mass is 387 g/mol. The summed E-state index contributed by atoms with van der Waals surface area (Å²) in [7, 11) is -2.93. The minimum Gasteiger partial charge on any atom is -0.457 e. The standard InChI is InChI=1S/C21H25NO4S/c1-15(2)19-5-3-4-6-20(19)26-18-9-7-16(8-10-18)21(23)22-17-11-13-27(24,25)14-12-17/h3-10,15,17H,11-14H2,1-2H3,(H,22,23). The van der Waals surface area contributed by atoms with Gasteiger partial charge in [-0.25, -0.2) is 8.42 Å². The van der Waals surface area contributed by atoms with Crippen molar-refractivity contribution in [1.29, 1.82) is 0 Å². The predicted molar refractivity (Wildman–Crippen MR) is 106 cm³/mol. The summed E-state index contributed by atoms with van der Waals surface area (Å²) in [5.74, 6) is 1.93. The average Bonchev–Trinajstić information content (AvgIpc) is 2.64. The van der Waals surface area contributed by atoms with Gasteiger partial charge in [-0.3, -0.25) is 4.79 Å². The Hall–Kier alpha value is -2.34. The van der Waals surface area contributed by atoms with Crippen LogP contribution < -0.4 is 10.1 Å². The van der Waals surface area contributed by atoms with Gasteiger partial charge in [-0.15, -0.1) is 0 Å². The van der Waals surface area contributed by atoms with E-state index in [1.54, 1.807) is 24.3 Å². The number of para-hydroxylation sites is 1. The van der Waals surface area contributed by atoms with Gasteiger partial charge in [-0.2, -0.15) is 0 Å². The van der Waals surface area contributed by atoms with Gasteiger partial charge in [0.25, 0.3) is 5.91 Å². The zero-order valence-electron chi connectivity index (χ0n) is 15.6. The Bertz CT molecular complexity index is 890. The van der Waals surface area contributed by atoms with Crippen molar-refractivity contribution >= 4 is 15.7 Å². The highest BCUT2D eigenvalue weighted by atomic mass is 32.2. The maximum atomic E-state index is 12.4.